The van der Waals surface area contributed by atoms with Crippen LogP contribution in [-0.2, 0) is 0 Å². The summed E-state index contributed by atoms with van der Waals surface area (Å²) in [7, 11) is 2.96. The molecule has 0 unspecified atom stereocenters. The zero-order valence-corrected chi connectivity index (χ0v) is 16.5. The smallest absolute Gasteiger partial charge is 0.259 e. The topological polar surface area (TPSA) is 71.9 Å². The van der Waals surface area contributed by atoms with E-state index < -0.39 is 5.60 Å². The highest BCUT2D eigenvalue weighted by molar-refractivity contribution is 6.30. The minimum Gasteiger partial charge on any atom is -0.481 e. The van der Waals surface area contributed by atoms with E-state index in [0.717, 1.165) is 5.56 Å². The van der Waals surface area contributed by atoms with Gasteiger partial charge in [0, 0.05) is 42.6 Å². The van der Waals surface area contributed by atoms with Gasteiger partial charge in [-0.3, -0.25) is 4.79 Å². The molecule has 1 aromatic carbocycles. The first-order valence-electron chi connectivity index (χ1n) is 8.83. The fraction of sp³-hybridized carbons (Fsp3) is 0.333. The van der Waals surface area contributed by atoms with Gasteiger partial charge in [0.05, 0.1) is 14.2 Å². The minimum absolute atomic E-state index is 0.197. The first-order valence-corrected chi connectivity index (χ1v) is 9.21. The number of nitrogens with zero attached hydrogens (tertiary/aromatic N) is 2. The second kappa shape index (κ2) is 8.51. The molecule has 1 saturated heterocycles. The summed E-state index contributed by atoms with van der Waals surface area (Å²) in [5, 5.41) is 11.3. The molecule has 1 aliphatic rings. The molecule has 2 heterocycles. The Morgan fingerprint density at radius 3 is 2.61 bits per heavy atom. The fourth-order valence-electron chi connectivity index (χ4n) is 2.99. The average molecular weight is 401 g/mol. The summed E-state index contributed by atoms with van der Waals surface area (Å²) in [4.78, 5) is 18.7. The number of carbonyl (C=O) groups is 1. The third-order valence-corrected chi connectivity index (χ3v) is 4.84. The van der Waals surface area contributed by atoms with E-state index in [-0.39, 0.29) is 11.8 Å². The number of piperidine rings is 1. The van der Waals surface area contributed by atoms with Crippen molar-refractivity contribution < 1.29 is 19.4 Å². The molecule has 2 aromatic rings. The van der Waals surface area contributed by atoms with E-state index in [1.807, 2.05) is 12.1 Å². The molecule has 1 fully saturated rings. The number of methoxy groups -OCH3 is 2. The van der Waals surface area contributed by atoms with Crippen LogP contribution in [-0.4, -0.2) is 53.8 Å². The number of ether oxygens (including phenoxy) is 2. The first-order chi connectivity index (χ1) is 13.4. The van der Waals surface area contributed by atoms with Crippen LogP contribution in [0, 0.1) is 11.8 Å². The van der Waals surface area contributed by atoms with Gasteiger partial charge >= 0.3 is 0 Å². The van der Waals surface area contributed by atoms with Crippen molar-refractivity contribution in [3.05, 3.63) is 52.5 Å². The second-order valence-corrected chi connectivity index (χ2v) is 6.93. The van der Waals surface area contributed by atoms with E-state index in [9.17, 15) is 9.90 Å². The summed E-state index contributed by atoms with van der Waals surface area (Å²) in [6.45, 7) is 0.767. The molecule has 7 heteroatoms. The molecule has 1 aromatic heterocycles. The fourth-order valence-corrected chi connectivity index (χ4v) is 3.18. The third-order valence-electron chi connectivity index (χ3n) is 4.61. The molecule has 0 bridgehead atoms. The maximum absolute atomic E-state index is 12.8. The molecule has 0 saturated carbocycles. The molecule has 0 aliphatic carbocycles. The van der Waals surface area contributed by atoms with Crippen LogP contribution in [0.3, 0.4) is 0 Å². The first kappa shape index (κ1) is 20.0. The number of amides is 1. The summed E-state index contributed by atoms with van der Waals surface area (Å²) in [6, 6.07) is 10.4. The number of aromatic nitrogens is 1. The number of benzene rings is 1. The van der Waals surface area contributed by atoms with Crippen molar-refractivity contribution in [2.75, 3.05) is 27.3 Å². The maximum Gasteiger partial charge on any atom is 0.259 e. The molecule has 146 valence electrons. The predicted octanol–water partition coefficient (Wildman–Crippen LogP) is 2.77. The van der Waals surface area contributed by atoms with Crippen LogP contribution >= 0.6 is 11.6 Å². The molecular weight excluding hydrogens is 380 g/mol. The van der Waals surface area contributed by atoms with Gasteiger partial charge in [-0.25, -0.2) is 0 Å². The number of halogens is 1. The average Bonchev–Trinajstić information content (AvgIpc) is 2.72. The van der Waals surface area contributed by atoms with Gasteiger partial charge in [0.1, 0.15) is 11.2 Å². The largest absolute Gasteiger partial charge is 0.481 e. The zero-order valence-electron chi connectivity index (χ0n) is 15.7. The highest BCUT2D eigenvalue weighted by Crippen LogP contribution is 2.26. The van der Waals surface area contributed by atoms with Crippen molar-refractivity contribution in [3.8, 4) is 23.6 Å². The van der Waals surface area contributed by atoms with Crippen LogP contribution in [0.25, 0.3) is 0 Å². The van der Waals surface area contributed by atoms with Crippen molar-refractivity contribution >= 4 is 17.5 Å². The van der Waals surface area contributed by atoms with Crippen LogP contribution in [0.5, 0.6) is 11.8 Å². The molecule has 0 spiro atoms. The Morgan fingerprint density at radius 2 is 1.96 bits per heavy atom. The lowest BCUT2D eigenvalue weighted by Crippen LogP contribution is -2.46. The molecular formula is C21H21ClN2O4. The van der Waals surface area contributed by atoms with E-state index >= 15 is 0 Å². The molecule has 0 radical (unpaired) electrons. The molecule has 3 rings (SSSR count). The van der Waals surface area contributed by atoms with E-state index in [0.29, 0.717) is 42.4 Å². The van der Waals surface area contributed by atoms with Crippen LogP contribution < -0.4 is 9.47 Å². The lowest BCUT2D eigenvalue weighted by molar-refractivity contribution is 0.0247. The van der Waals surface area contributed by atoms with Gasteiger partial charge in [-0.05, 0) is 24.3 Å². The quantitative estimate of drug-likeness (QED) is 0.802. The number of hydrogen-bond acceptors (Lipinski definition) is 5. The van der Waals surface area contributed by atoms with Gasteiger partial charge in [0.25, 0.3) is 5.91 Å². The predicted molar refractivity (Wildman–Crippen MR) is 106 cm³/mol. The lowest BCUT2D eigenvalue weighted by atomic mass is 9.91. The summed E-state index contributed by atoms with van der Waals surface area (Å²) in [6.07, 6.45) is 0.719. The van der Waals surface area contributed by atoms with Crippen molar-refractivity contribution in [2.45, 2.75) is 18.4 Å². The van der Waals surface area contributed by atoms with Crippen LogP contribution in [0.4, 0.5) is 0 Å². The Morgan fingerprint density at radius 1 is 1.21 bits per heavy atom. The van der Waals surface area contributed by atoms with Crippen molar-refractivity contribution in [1.29, 1.82) is 0 Å². The zero-order chi connectivity index (χ0) is 20.1. The van der Waals surface area contributed by atoms with E-state index in [2.05, 4.69) is 16.8 Å². The molecule has 28 heavy (non-hydrogen) atoms. The monoisotopic (exact) mass is 400 g/mol. The Kier molecular flexibility index (Phi) is 6.08. The number of hydrogen-bond donors (Lipinski definition) is 1. The maximum atomic E-state index is 12.8. The van der Waals surface area contributed by atoms with E-state index in [1.165, 1.54) is 14.2 Å². The summed E-state index contributed by atoms with van der Waals surface area (Å²) >= 11 is 5.96. The summed E-state index contributed by atoms with van der Waals surface area (Å²) in [5.74, 6) is 6.29. The van der Waals surface area contributed by atoms with Crippen LogP contribution in [0.15, 0.2) is 36.4 Å². The standard InChI is InChI=1S/C21H21ClN2O4/c1-27-18-7-6-17(19(23-18)28-2)20(25)24-12-10-21(26,11-13-24)9-8-15-4-3-5-16(22)14-15/h3-7,14,26H,10-13H2,1-2H3. The Bertz CT molecular complexity index is 927. The van der Waals surface area contributed by atoms with Gasteiger partial charge in [0.2, 0.25) is 11.8 Å². The lowest BCUT2D eigenvalue weighted by Gasteiger charge is -2.35. The van der Waals surface area contributed by atoms with Gasteiger partial charge in [-0.2, -0.15) is 4.98 Å². The molecule has 0 atom stereocenters. The highest BCUT2D eigenvalue weighted by atomic mass is 35.5. The molecule has 1 aliphatic heterocycles. The SMILES string of the molecule is COc1ccc(C(=O)N2CCC(O)(C#Cc3cccc(Cl)c3)CC2)c(OC)n1. The second-order valence-electron chi connectivity index (χ2n) is 6.49. The van der Waals surface area contributed by atoms with Gasteiger partial charge in [-0.1, -0.05) is 29.5 Å². The minimum atomic E-state index is -1.14. The molecule has 6 nitrogen and oxygen atoms in total. The highest BCUT2D eigenvalue weighted by Gasteiger charge is 2.33. The number of pyridine rings is 1. The van der Waals surface area contributed by atoms with Gasteiger partial charge in [-0.15, -0.1) is 0 Å². The number of rotatable bonds is 3. The third kappa shape index (κ3) is 4.56. The Balaban J connectivity index is 1.69. The van der Waals surface area contributed by atoms with E-state index in [1.54, 1.807) is 29.2 Å². The number of likely N-dealkylation sites (tertiary alicyclic amines) is 1. The van der Waals surface area contributed by atoms with Crippen molar-refractivity contribution in [1.82, 2.24) is 9.88 Å². The van der Waals surface area contributed by atoms with Gasteiger partial charge < -0.3 is 19.5 Å². The Labute approximate surface area is 169 Å². The number of carbonyl (C=O) groups excluding carboxylic acids is 1. The Hall–Kier alpha value is -2.75. The molecule has 1 N–H and O–H groups in total. The summed E-state index contributed by atoms with van der Waals surface area (Å²) in [5.41, 5.74) is -0.0336. The van der Waals surface area contributed by atoms with Crippen LogP contribution in [0.2, 0.25) is 5.02 Å². The number of aliphatic hydroxyl groups is 1. The molecule has 1 amide bonds. The van der Waals surface area contributed by atoms with Crippen molar-refractivity contribution in [2.24, 2.45) is 0 Å². The van der Waals surface area contributed by atoms with Crippen molar-refractivity contribution in [3.63, 3.8) is 0 Å². The normalized spacial score (nSPS) is 15.4. The van der Waals surface area contributed by atoms with Gasteiger partial charge in [0.15, 0.2) is 0 Å². The van der Waals surface area contributed by atoms with Crippen LogP contribution in [0.1, 0.15) is 28.8 Å². The summed E-state index contributed by atoms with van der Waals surface area (Å²) < 4.78 is 10.3. The van der Waals surface area contributed by atoms with E-state index in [4.69, 9.17) is 21.1 Å².